The second-order valence-corrected chi connectivity index (χ2v) is 6.23. The molecule has 1 unspecified atom stereocenters. The standard InChI is InChI=1S/C14H14BrFOS/c15-12-7-14(18-9-12)6-11(8-17)5-10-1-3-13(16)4-2-10/h1-4,7,9,11,17H,5-6,8H2. The fourth-order valence-corrected chi connectivity index (χ4v) is 3.47. The normalized spacial score (nSPS) is 12.6. The van der Waals surface area contributed by atoms with Crippen molar-refractivity contribution < 1.29 is 9.50 Å². The first-order chi connectivity index (χ1) is 8.67. The average molecular weight is 329 g/mol. The van der Waals surface area contributed by atoms with Gasteiger partial charge >= 0.3 is 0 Å². The van der Waals surface area contributed by atoms with Gasteiger partial charge in [0.15, 0.2) is 0 Å². The molecule has 2 rings (SSSR count). The number of benzene rings is 1. The molecule has 1 N–H and O–H groups in total. The molecular formula is C14H14BrFOS. The van der Waals surface area contributed by atoms with E-state index in [0.29, 0.717) is 0 Å². The fourth-order valence-electron chi connectivity index (χ4n) is 1.90. The molecule has 1 heterocycles. The average Bonchev–Trinajstić information content (AvgIpc) is 2.77. The molecular weight excluding hydrogens is 315 g/mol. The highest BCUT2D eigenvalue weighted by Crippen LogP contribution is 2.23. The van der Waals surface area contributed by atoms with E-state index in [1.54, 1.807) is 23.5 Å². The van der Waals surface area contributed by atoms with Gasteiger partial charge in [-0.1, -0.05) is 12.1 Å². The minimum Gasteiger partial charge on any atom is -0.396 e. The van der Waals surface area contributed by atoms with Gasteiger partial charge in [0, 0.05) is 21.3 Å². The predicted molar refractivity (Wildman–Crippen MR) is 76.4 cm³/mol. The third kappa shape index (κ3) is 3.90. The van der Waals surface area contributed by atoms with Crippen molar-refractivity contribution >= 4 is 27.3 Å². The van der Waals surface area contributed by atoms with Crippen LogP contribution in [0.1, 0.15) is 10.4 Å². The fraction of sp³-hybridized carbons (Fsp3) is 0.286. The third-order valence-electron chi connectivity index (χ3n) is 2.81. The molecule has 1 atom stereocenters. The van der Waals surface area contributed by atoms with Crippen LogP contribution in [-0.2, 0) is 12.8 Å². The third-order valence-corrected chi connectivity index (χ3v) is 4.53. The highest BCUT2D eigenvalue weighted by Gasteiger charge is 2.11. The van der Waals surface area contributed by atoms with Gasteiger partial charge in [-0.3, -0.25) is 0 Å². The summed E-state index contributed by atoms with van der Waals surface area (Å²) < 4.78 is 13.9. The Morgan fingerprint density at radius 2 is 1.94 bits per heavy atom. The Bertz CT molecular complexity index is 495. The van der Waals surface area contributed by atoms with Gasteiger partial charge in [-0.05, 0) is 58.5 Å². The number of aliphatic hydroxyl groups excluding tert-OH is 1. The van der Waals surface area contributed by atoms with Crippen molar-refractivity contribution in [3.8, 4) is 0 Å². The Kier molecular flexibility index (Phi) is 4.92. The van der Waals surface area contributed by atoms with E-state index in [-0.39, 0.29) is 18.3 Å². The lowest BCUT2D eigenvalue weighted by Crippen LogP contribution is -2.12. The summed E-state index contributed by atoms with van der Waals surface area (Å²) in [5, 5.41) is 11.5. The highest BCUT2D eigenvalue weighted by atomic mass is 79.9. The molecule has 0 radical (unpaired) electrons. The van der Waals surface area contributed by atoms with E-state index in [2.05, 4.69) is 22.0 Å². The molecule has 0 aliphatic heterocycles. The summed E-state index contributed by atoms with van der Waals surface area (Å²) in [5.41, 5.74) is 1.06. The van der Waals surface area contributed by atoms with Crippen LogP contribution in [0.25, 0.3) is 0 Å². The summed E-state index contributed by atoms with van der Waals surface area (Å²) in [6.45, 7) is 0.146. The van der Waals surface area contributed by atoms with Crippen LogP contribution in [0.2, 0.25) is 0 Å². The molecule has 0 aliphatic carbocycles. The van der Waals surface area contributed by atoms with Crippen LogP contribution in [-0.4, -0.2) is 11.7 Å². The van der Waals surface area contributed by atoms with Crippen molar-refractivity contribution in [1.82, 2.24) is 0 Å². The van der Waals surface area contributed by atoms with Crippen molar-refractivity contribution in [2.45, 2.75) is 12.8 Å². The molecule has 1 aromatic carbocycles. The van der Waals surface area contributed by atoms with Crippen LogP contribution >= 0.6 is 27.3 Å². The summed E-state index contributed by atoms with van der Waals surface area (Å²) in [7, 11) is 0. The summed E-state index contributed by atoms with van der Waals surface area (Å²) in [6, 6.07) is 8.57. The predicted octanol–water partition coefficient (Wildman–Crippen LogP) is 4.04. The SMILES string of the molecule is OCC(Cc1ccc(F)cc1)Cc1cc(Br)cs1. The zero-order chi connectivity index (χ0) is 13.0. The van der Waals surface area contributed by atoms with Crippen molar-refractivity contribution in [1.29, 1.82) is 0 Å². The molecule has 0 bridgehead atoms. The number of rotatable bonds is 5. The number of thiophene rings is 1. The molecule has 4 heteroatoms. The van der Waals surface area contributed by atoms with Crippen LogP contribution in [0.4, 0.5) is 4.39 Å². The van der Waals surface area contributed by atoms with E-state index in [9.17, 15) is 9.50 Å². The maximum absolute atomic E-state index is 12.8. The van der Waals surface area contributed by atoms with Gasteiger partial charge in [-0.2, -0.15) is 0 Å². The van der Waals surface area contributed by atoms with Crippen LogP contribution in [0.3, 0.4) is 0 Å². The monoisotopic (exact) mass is 328 g/mol. The molecule has 0 saturated carbocycles. The minimum absolute atomic E-state index is 0.146. The number of hydrogen-bond donors (Lipinski definition) is 1. The Balaban J connectivity index is 1.99. The van der Waals surface area contributed by atoms with Crippen LogP contribution in [0.15, 0.2) is 40.2 Å². The van der Waals surface area contributed by atoms with E-state index in [0.717, 1.165) is 22.9 Å². The lowest BCUT2D eigenvalue weighted by atomic mass is 9.96. The van der Waals surface area contributed by atoms with Crippen LogP contribution < -0.4 is 0 Å². The summed E-state index contributed by atoms with van der Waals surface area (Å²) >= 11 is 5.11. The van der Waals surface area contributed by atoms with Crippen LogP contribution in [0.5, 0.6) is 0 Å². The smallest absolute Gasteiger partial charge is 0.123 e. The molecule has 0 aliphatic rings. The second kappa shape index (κ2) is 6.45. The maximum Gasteiger partial charge on any atom is 0.123 e. The van der Waals surface area contributed by atoms with Crippen LogP contribution in [0, 0.1) is 11.7 Å². The first-order valence-corrected chi connectivity index (χ1v) is 7.43. The Morgan fingerprint density at radius 3 is 2.50 bits per heavy atom. The van der Waals surface area contributed by atoms with E-state index < -0.39 is 0 Å². The molecule has 96 valence electrons. The van der Waals surface area contributed by atoms with Gasteiger partial charge in [0.25, 0.3) is 0 Å². The van der Waals surface area contributed by atoms with Gasteiger partial charge in [0.05, 0.1) is 0 Å². The lowest BCUT2D eigenvalue weighted by molar-refractivity contribution is 0.225. The molecule has 1 aromatic heterocycles. The van der Waals surface area contributed by atoms with Crippen molar-refractivity contribution in [2.24, 2.45) is 5.92 Å². The molecule has 1 nitrogen and oxygen atoms in total. The van der Waals surface area contributed by atoms with Gasteiger partial charge in [0.1, 0.15) is 5.82 Å². The largest absolute Gasteiger partial charge is 0.396 e. The summed E-state index contributed by atoms with van der Waals surface area (Å²) in [6.07, 6.45) is 1.62. The number of halogens is 2. The zero-order valence-electron chi connectivity index (χ0n) is 9.77. The quantitative estimate of drug-likeness (QED) is 0.878. The van der Waals surface area contributed by atoms with E-state index in [1.807, 2.05) is 5.38 Å². The van der Waals surface area contributed by atoms with Crippen molar-refractivity contribution in [3.05, 3.63) is 56.4 Å². The van der Waals surface area contributed by atoms with E-state index in [1.165, 1.54) is 17.0 Å². The molecule has 0 spiro atoms. The van der Waals surface area contributed by atoms with Gasteiger partial charge in [-0.15, -0.1) is 11.3 Å². The van der Waals surface area contributed by atoms with Crippen molar-refractivity contribution in [2.75, 3.05) is 6.61 Å². The van der Waals surface area contributed by atoms with E-state index >= 15 is 0 Å². The van der Waals surface area contributed by atoms with Crippen molar-refractivity contribution in [3.63, 3.8) is 0 Å². The molecule has 2 aromatic rings. The van der Waals surface area contributed by atoms with Gasteiger partial charge in [-0.25, -0.2) is 4.39 Å². The summed E-state index contributed by atoms with van der Waals surface area (Å²) in [4.78, 5) is 1.25. The first kappa shape index (κ1) is 13.7. The topological polar surface area (TPSA) is 20.2 Å². The lowest BCUT2D eigenvalue weighted by Gasteiger charge is -2.13. The molecule has 0 amide bonds. The summed E-state index contributed by atoms with van der Waals surface area (Å²) in [5.74, 6) is -0.0394. The maximum atomic E-state index is 12.8. The highest BCUT2D eigenvalue weighted by molar-refractivity contribution is 9.10. The Labute approximate surface area is 118 Å². The number of hydrogen-bond acceptors (Lipinski definition) is 2. The second-order valence-electron chi connectivity index (χ2n) is 4.31. The Hall–Kier alpha value is -0.710. The molecule has 18 heavy (non-hydrogen) atoms. The van der Waals surface area contributed by atoms with Gasteiger partial charge < -0.3 is 5.11 Å². The molecule has 0 fully saturated rings. The molecule has 0 saturated heterocycles. The zero-order valence-corrected chi connectivity index (χ0v) is 12.2. The number of aliphatic hydroxyl groups is 1. The van der Waals surface area contributed by atoms with E-state index in [4.69, 9.17) is 0 Å². The minimum atomic E-state index is -0.221. The first-order valence-electron chi connectivity index (χ1n) is 5.75. The van der Waals surface area contributed by atoms with Gasteiger partial charge in [0.2, 0.25) is 0 Å². The Morgan fingerprint density at radius 1 is 1.22 bits per heavy atom.